The van der Waals surface area contributed by atoms with Gasteiger partial charge in [0.15, 0.2) is 5.75 Å². The van der Waals surface area contributed by atoms with Gasteiger partial charge in [0, 0.05) is 24.5 Å². The number of pyridine rings is 1. The van der Waals surface area contributed by atoms with Crippen LogP contribution >= 0.6 is 0 Å². The van der Waals surface area contributed by atoms with E-state index in [-0.39, 0.29) is 6.54 Å². The summed E-state index contributed by atoms with van der Waals surface area (Å²) in [6.07, 6.45) is -8.99. The number of alkyl halides is 6. The molecule has 0 aliphatic carbocycles. The van der Waals surface area contributed by atoms with Crippen LogP contribution in [0.25, 0.3) is 0 Å². The van der Waals surface area contributed by atoms with E-state index < -0.39 is 48.4 Å². The van der Waals surface area contributed by atoms with Gasteiger partial charge in [-0.05, 0) is 36.8 Å². The summed E-state index contributed by atoms with van der Waals surface area (Å²) in [5.41, 5.74) is 0.597. The van der Waals surface area contributed by atoms with Crippen LogP contribution in [-0.4, -0.2) is 41.1 Å². The van der Waals surface area contributed by atoms with Crippen LogP contribution in [0.5, 0.6) is 11.5 Å². The maximum atomic E-state index is 12.8. The van der Waals surface area contributed by atoms with Crippen LogP contribution in [-0.2, 0) is 11.3 Å². The van der Waals surface area contributed by atoms with Crippen LogP contribution in [0, 0.1) is 6.92 Å². The first-order valence-corrected chi connectivity index (χ1v) is 8.51. The first kappa shape index (κ1) is 22.2. The summed E-state index contributed by atoms with van der Waals surface area (Å²) in [6, 6.07) is 3.96. The fourth-order valence-corrected chi connectivity index (χ4v) is 2.92. The Bertz CT molecular complexity index is 1010. The number of nitrogens with zero attached hydrogens (tertiary/aromatic N) is 3. The van der Waals surface area contributed by atoms with Crippen molar-refractivity contribution >= 4 is 17.6 Å². The Hall–Kier alpha value is -3.51. The third-order valence-electron chi connectivity index (χ3n) is 4.00. The number of benzene rings is 1. The van der Waals surface area contributed by atoms with E-state index in [1.807, 2.05) is 0 Å². The number of hydrogen-bond donors (Lipinski definition) is 0. The van der Waals surface area contributed by atoms with E-state index in [9.17, 15) is 35.9 Å². The number of carbonyl (C=O) groups excluding carboxylic acids is 2. The van der Waals surface area contributed by atoms with Crippen molar-refractivity contribution in [1.82, 2.24) is 9.88 Å². The van der Waals surface area contributed by atoms with E-state index in [4.69, 9.17) is 0 Å². The van der Waals surface area contributed by atoms with Crippen LogP contribution in [0.1, 0.15) is 11.3 Å². The average molecular weight is 449 g/mol. The Morgan fingerprint density at radius 3 is 2.29 bits per heavy atom. The molecule has 1 fully saturated rings. The van der Waals surface area contributed by atoms with E-state index in [2.05, 4.69) is 14.5 Å². The Labute approximate surface area is 170 Å². The number of anilines is 1. The predicted octanol–water partition coefficient (Wildman–Crippen LogP) is 4.16. The average Bonchev–Trinajstić information content (AvgIpc) is 2.86. The van der Waals surface area contributed by atoms with E-state index in [0.717, 1.165) is 4.90 Å². The molecule has 3 amide bonds. The van der Waals surface area contributed by atoms with Gasteiger partial charge in [-0.25, -0.2) is 9.69 Å². The zero-order valence-electron chi connectivity index (χ0n) is 15.6. The molecule has 0 bridgehead atoms. The number of halogens is 6. The number of rotatable bonds is 5. The summed E-state index contributed by atoms with van der Waals surface area (Å²) in [6.45, 7) is 1.22. The Morgan fingerprint density at radius 2 is 1.68 bits per heavy atom. The van der Waals surface area contributed by atoms with Gasteiger partial charge in [-0.1, -0.05) is 0 Å². The van der Waals surface area contributed by atoms with Gasteiger partial charge in [-0.15, -0.1) is 26.3 Å². The normalized spacial score (nSPS) is 14.9. The van der Waals surface area contributed by atoms with Crippen molar-refractivity contribution in [2.45, 2.75) is 26.2 Å². The monoisotopic (exact) mass is 449 g/mol. The van der Waals surface area contributed by atoms with Gasteiger partial charge in [-0.3, -0.25) is 9.78 Å². The molecule has 0 unspecified atom stereocenters. The minimum atomic E-state index is -5.30. The molecule has 0 saturated carbocycles. The molecule has 31 heavy (non-hydrogen) atoms. The van der Waals surface area contributed by atoms with Crippen LogP contribution < -0.4 is 14.4 Å². The number of hydrogen-bond acceptors (Lipinski definition) is 5. The Balaban J connectivity index is 1.92. The highest BCUT2D eigenvalue weighted by Crippen LogP contribution is 2.39. The summed E-state index contributed by atoms with van der Waals surface area (Å²) in [5.74, 6) is -3.09. The molecule has 1 aromatic carbocycles. The molecule has 1 aromatic heterocycles. The second-order valence-corrected chi connectivity index (χ2v) is 6.40. The molecule has 0 N–H and O–H groups in total. The van der Waals surface area contributed by atoms with Gasteiger partial charge in [-0.2, -0.15) is 0 Å². The van der Waals surface area contributed by atoms with Gasteiger partial charge in [0.25, 0.3) is 5.91 Å². The molecule has 0 radical (unpaired) electrons. The topological polar surface area (TPSA) is 72.0 Å². The molecule has 13 heteroatoms. The molecule has 7 nitrogen and oxygen atoms in total. The number of aromatic nitrogens is 1. The SMILES string of the molecule is Cc1cc(CN2CC(=O)N(c3ccc(OC(F)(F)F)cc3OC(F)(F)F)C2=O)ccn1. The molecule has 2 heterocycles. The molecule has 1 aliphatic heterocycles. The van der Waals surface area contributed by atoms with Crippen molar-refractivity contribution in [1.29, 1.82) is 0 Å². The van der Waals surface area contributed by atoms with E-state index in [1.54, 1.807) is 19.1 Å². The summed E-state index contributed by atoms with van der Waals surface area (Å²) < 4.78 is 82.9. The molecule has 0 spiro atoms. The lowest BCUT2D eigenvalue weighted by Crippen LogP contribution is -2.33. The van der Waals surface area contributed by atoms with Gasteiger partial charge in [0.1, 0.15) is 12.3 Å². The van der Waals surface area contributed by atoms with Crippen LogP contribution in [0.2, 0.25) is 0 Å². The Kier molecular flexibility index (Phi) is 5.70. The third-order valence-corrected chi connectivity index (χ3v) is 4.00. The summed E-state index contributed by atoms with van der Waals surface area (Å²) in [7, 11) is 0. The number of imide groups is 1. The van der Waals surface area contributed by atoms with E-state index in [0.29, 0.717) is 34.4 Å². The minimum absolute atomic E-state index is 0.0326. The maximum absolute atomic E-state index is 12.8. The summed E-state index contributed by atoms with van der Waals surface area (Å²) in [5, 5.41) is 0. The number of aryl methyl sites for hydroxylation is 1. The first-order chi connectivity index (χ1) is 14.3. The fraction of sp³-hybridized carbons (Fsp3) is 0.278. The molecular formula is C18H13F6N3O4. The lowest BCUT2D eigenvalue weighted by molar-refractivity contribution is -0.276. The van der Waals surface area contributed by atoms with Crippen LogP contribution in [0.3, 0.4) is 0 Å². The highest BCUT2D eigenvalue weighted by atomic mass is 19.4. The second-order valence-electron chi connectivity index (χ2n) is 6.40. The maximum Gasteiger partial charge on any atom is 0.573 e. The predicted molar refractivity (Wildman–Crippen MR) is 92.1 cm³/mol. The van der Waals surface area contributed by atoms with E-state index >= 15 is 0 Å². The molecule has 1 saturated heterocycles. The van der Waals surface area contributed by atoms with Crippen LogP contribution in [0.15, 0.2) is 36.5 Å². The number of urea groups is 1. The zero-order chi connectivity index (χ0) is 23.0. The van der Waals surface area contributed by atoms with Crippen molar-refractivity contribution < 1.29 is 45.4 Å². The van der Waals surface area contributed by atoms with Crippen molar-refractivity contribution in [2.75, 3.05) is 11.4 Å². The first-order valence-electron chi connectivity index (χ1n) is 8.51. The number of carbonyl (C=O) groups is 2. The van der Waals surface area contributed by atoms with Crippen molar-refractivity contribution in [3.8, 4) is 11.5 Å². The number of ether oxygens (including phenoxy) is 2. The highest BCUT2D eigenvalue weighted by Gasteiger charge is 2.41. The molecular weight excluding hydrogens is 436 g/mol. The van der Waals surface area contributed by atoms with Gasteiger partial charge < -0.3 is 14.4 Å². The standard InChI is InChI=1S/C18H13F6N3O4/c1-10-6-11(4-5-25-10)8-26-9-15(28)27(16(26)29)13-3-2-12(30-17(19,20)21)7-14(13)31-18(22,23)24/h2-7H,8-9H2,1H3. The second kappa shape index (κ2) is 7.96. The molecule has 1 aliphatic rings. The Morgan fingerprint density at radius 1 is 1.00 bits per heavy atom. The number of amides is 3. The third kappa shape index (κ3) is 5.55. The lowest BCUT2D eigenvalue weighted by atomic mass is 10.2. The van der Waals surface area contributed by atoms with Crippen molar-refractivity contribution in [3.05, 3.63) is 47.8 Å². The quantitative estimate of drug-likeness (QED) is 0.507. The highest BCUT2D eigenvalue weighted by molar-refractivity contribution is 6.20. The summed E-state index contributed by atoms with van der Waals surface area (Å²) in [4.78, 5) is 30.6. The molecule has 2 aromatic rings. The molecule has 166 valence electrons. The largest absolute Gasteiger partial charge is 0.573 e. The summed E-state index contributed by atoms with van der Waals surface area (Å²) >= 11 is 0. The molecule has 0 atom stereocenters. The zero-order valence-corrected chi connectivity index (χ0v) is 15.6. The minimum Gasteiger partial charge on any atom is -0.406 e. The van der Waals surface area contributed by atoms with Crippen molar-refractivity contribution in [3.63, 3.8) is 0 Å². The fourth-order valence-electron chi connectivity index (χ4n) is 2.92. The lowest BCUT2D eigenvalue weighted by Gasteiger charge is -2.21. The van der Waals surface area contributed by atoms with Gasteiger partial charge >= 0.3 is 18.8 Å². The van der Waals surface area contributed by atoms with E-state index in [1.165, 1.54) is 6.20 Å². The van der Waals surface area contributed by atoms with Gasteiger partial charge in [0.2, 0.25) is 0 Å². The molecule has 3 rings (SSSR count). The smallest absolute Gasteiger partial charge is 0.406 e. The van der Waals surface area contributed by atoms with Crippen molar-refractivity contribution in [2.24, 2.45) is 0 Å². The van der Waals surface area contributed by atoms with Crippen LogP contribution in [0.4, 0.5) is 36.8 Å². The van der Waals surface area contributed by atoms with Gasteiger partial charge in [0.05, 0.1) is 5.69 Å².